The minimum absolute atomic E-state index is 0.0304. The van der Waals surface area contributed by atoms with Crippen LogP contribution >= 0.6 is 0 Å². The molecule has 5 heteroatoms. The first-order chi connectivity index (χ1) is 12.4. The second-order valence-corrected chi connectivity index (χ2v) is 7.93. The molecule has 0 bridgehead atoms. The molecule has 26 heavy (non-hydrogen) atoms. The molecular formula is C21H46N2O3. The van der Waals surface area contributed by atoms with Gasteiger partial charge in [-0.05, 0) is 19.9 Å². The maximum Gasteiger partial charge on any atom is 0.288 e. The van der Waals surface area contributed by atoms with Crippen LogP contribution in [0.4, 0.5) is 0 Å². The number of aliphatic hydroxyl groups is 3. The van der Waals surface area contributed by atoms with Gasteiger partial charge in [0.1, 0.15) is 0 Å². The van der Waals surface area contributed by atoms with E-state index in [1.54, 1.807) is 0 Å². The van der Waals surface area contributed by atoms with Gasteiger partial charge in [0.2, 0.25) is 0 Å². The first kappa shape index (κ1) is 25.8. The molecule has 0 saturated carbocycles. The van der Waals surface area contributed by atoms with Crippen LogP contribution in [0.1, 0.15) is 104 Å². The third-order valence-corrected chi connectivity index (χ3v) is 5.18. The van der Waals surface area contributed by atoms with Gasteiger partial charge in [0.25, 0.3) is 5.97 Å². The molecule has 5 N–H and O–H groups in total. The van der Waals surface area contributed by atoms with E-state index < -0.39 is 5.97 Å². The Morgan fingerprint density at radius 2 is 1.12 bits per heavy atom. The van der Waals surface area contributed by atoms with Crippen LogP contribution in [0.2, 0.25) is 0 Å². The number of nitrogens with zero attached hydrogens (tertiary/aromatic N) is 1. The first-order valence-electron chi connectivity index (χ1n) is 11.0. The molecule has 0 aliphatic carbocycles. The van der Waals surface area contributed by atoms with E-state index in [0.717, 1.165) is 19.4 Å². The lowest BCUT2D eigenvalue weighted by molar-refractivity contribution is -0.318. The van der Waals surface area contributed by atoms with Crippen molar-refractivity contribution in [1.29, 1.82) is 0 Å². The van der Waals surface area contributed by atoms with Gasteiger partial charge in [0.15, 0.2) is 0 Å². The molecule has 0 rings (SSSR count). The van der Waals surface area contributed by atoms with Crippen LogP contribution in [-0.2, 0) is 0 Å². The van der Waals surface area contributed by atoms with Gasteiger partial charge in [0.05, 0.1) is 6.54 Å². The predicted octanol–water partition coefficient (Wildman–Crippen LogP) is 3.75. The summed E-state index contributed by atoms with van der Waals surface area (Å²) < 4.78 is 0. The van der Waals surface area contributed by atoms with Crippen molar-refractivity contribution in [3.8, 4) is 0 Å². The van der Waals surface area contributed by atoms with Crippen molar-refractivity contribution < 1.29 is 15.3 Å². The molecule has 5 nitrogen and oxygen atoms in total. The van der Waals surface area contributed by atoms with Crippen molar-refractivity contribution in [2.45, 2.75) is 116 Å². The van der Waals surface area contributed by atoms with Crippen LogP contribution in [0.25, 0.3) is 0 Å². The van der Waals surface area contributed by atoms with Gasteiger partial charge in [-0.25, -0.2) is 0 Å². The fourth-order valence-corrected chi connectivity index (χ4v) is 3.39. The zero-order chi connectivity index (χ0) is 19.7. The zero-order valence-corrected chi connectivity index (χ0v) is 17.5. The molecule has 1 unspecified atom stereocenters. The summed E-state index contributed by atoms with van der Waals surface area (Å²) in [4.78, 5) is 1.85. The van der Waals surface area contributed by atoms with Crippen LogP contribution in [0, 0.1) is 0 Å². The fourth-order valence-electron chi connectivity index (χ4n) is 3.39. The second-order valence-electron chi connectivity index (χ2n) is 7.93. The minimum atomic E-state index is -2.64. The molecule has 0 fully saturated rings. The van der Waals surface area contributed by atoms with E-state index >= 15 is 0 Å². The molecule has 0 aliphatic rings. The number of rotatable bonds is 19. The normalized spacial score (nSPS) is 13.5. The fraction of sp³-hybridized carbons (Fsp3) is 1.00. The summed E-state index contributed by atoms with van der Waals surface area (Å²) in [6.45, 7) is 5.20. The highest BCUT2D eigenvalue weighted by molar-refractivity contribution is 4.70. The van der Waals surface area contributed by atoms with Crippen molar-refractivity contribution in [2.75, 3.05) is 19.6 Å². The quantitative estimate of drug-likeness (QED) is 0.204. The lowest BCUT2D eigenvalue weighted by Gasteiger charge is -2.31. The van der Waals surface area contributed by atoms with Gasteiger partial charge in [-0.2, -0.15) is 0 Å². The van der Waals surface area contributed by atoms with Gasteiger partial charge < -0.3 is 21.1 Å². The van der Waals surface area contributed by atoms with E-state index in [-0.39, 0.29) is 12.6 Å². The smallest absolute Gasteiger partial charge is 0.288 e. The Morgan fingerprint density at radius 1 is 0.731 bits per heavy atom. The molecule has 0 aliphatic heterocycles. The van der Waals surface area contributed by atoms with E-state index in [0.29, 0.717) is 6.54 Å². The molecule has 0 aromatic rings. The van der Waals surface area contributed by atoms with Gasteiger partial charge in [-0.1, -0.05) is 90.4 Å². The Balaban J connectivity index is 3.48. The van der Waals surface area contributed by atoms with Crippen LogP contribution in [-0.4, -0.2) is 51.9 Å². The molecule has 158 valence electrons. The maximum absolute atomic E-state index is 9.18. The summed E-state index contributed by atoms with van der Waals surface area (Å²) in [5.41, 5.74) is 5.66. The molecule has 1 atom stereocenters. The number of unbranched alkanes of at least 4 members (excludes halogenated alkanes) is 13. The highest BCUT2D eigenvalue weighted by Gasteiger charge is 2.25. The number of hydrogen-bond donors (Lipinski definition) is 4. The van der Waals surface area contributed by atoms with Gasteiger partial charge in [-0.3, -0.25) is 4.90 Å². The summed E-state index contributed by atoms with van der Waals surface area (Å²) in [6.07, 6.45) is 18.5. The molecular weight excluding hydrogens is 328 g/mol. The van der Waals surface area contributed by atoms with E-state index in [2.05, 4.69) is 6.92 Å². The van der Waals surface area contributed by atoms with E-state index in [1.807, 2.05) is 11.8 Å². The van der Waals surface area contributed by atoms with Crippen LogP contribution in [0.5, 0.6) is 0 Å². The van der Waals surface area contributed by atoms with Crippen molar-refractivity contribution in [2.24, 2.45) is 5.73 Å². The lowest BCUT2D eigenvalue weighted by Crippen LogP contribution is -2.49. The average Bonchev–Trinajstić information content (AvgIpc) is 2.59. The summed E-state index contributed by atoms with van der Waals surface area (Å²) in [5, 5.41) is 27.5. The molecule has 0 amide bonds. The predicted molar refractivity (Wildman–Crippen MR) is 110 cm³/mol. The minimum Gasteiger partial charge on any atom is -0.343 e. The highest BCUT2D eigenvalue weighted by Crippen LogP contribution is 2.13. The monoisotopic (exact) mass is 374 g/mol. The first-order valence-corrected chi connectivity index (χ1v) is 11.0. The number of hydrogen-bond acceptors (Lipinski definition) is 5. The highest BCUT2D eigenvalue weighted by atomic mass is 16.7. The van der Waals surface area contributed by atoms with Crippen LogP contribution < -0.4 is 5.73 Å². The lowest BCUT2D eigenvalue weighted by atomic mass is 10.0. The SMILES string of the molecule is CCCCCCCCCCCCCCCCN(CC(O)(O)O)C(C)CN. The molecule has 0 aromatic carbocycles. The molecule has 0 spiro atoms. The summed E-state index contributed by atoms with van der Waals surface area (Å²) in [6, 6.07) is 0.0304. The van der Waals surface area contributed by atoms with Crippen molar-refractivity contribution in [3.05, 3.63) is 0 Å². The van der Waals surface area contributed by atoms with Gasteiger partial charge >= 0.3 is 0 Å². The Bertz CT molecular complexity index is 295. The van der Waals surface area contributed by atoms with Crippen molar-refractivity contribution >= 4 is 0 Å². The largest absolute Gasteiger partial charge is 0.343 e. The van der Waals surface area contributed by atoms with Gasteiger partial charge in [0, 0.05) is 12.6 Å². The molecule has 0 aromatic heterocycles. The van der Waals surface area contributed by atoms with Gasteiger partial charge in [-0.15, -0.1) is 0 Å². The van der Waals surface area contributed by atoms with E-state index in [1.165, 1.54) is 77.0 Å². The Morgan fingerprint density at radius 3 is 1.46 bits per heavy atom. The summed E-state index contributed by atoms with van der Waals surface area (Å²) in [5.74, 6) is -2.64. The molecule has 0 saturated heterocycles. The molecule has 0 radical (unpaired) electrons. The van der Waals surface area contributed by atoms with Crippen molar-refractivity contribution in [1.82, 2.24) is 4.90 Å². The average molecular weight is 375 g/mol. The topological polar surface area (TPSA) is 90.0 Å². The Hall–Kier alpha value is -0.200. The number of nitrogens with two attached hydrogens (primary N) is 1. The third kappa shape index (κ3) is 17.2. The van der Waals surface area contributed by atoms with E-state index in [9.17, 15) is 15.3 Å². The molecule has 0 heterocycles. The summed E-state index contributed by atoms with van der Waals surface area (Å²) >= 11 is 0. The Kier molecular flexibility index (Phi) is 16.8. The maximum atomic E-state index is 9.18. The zero-order valence-electron chi connectivity index (χ0n) is 17.5. The standard InChI is InChI=1S/C21H46N2O3/c1-3-4-5-6-7-8-9-10-11-12-13-14-15-16-17-23(20(2)18-22)19-21(24,25)26/h20,24-26H,3-19,22H2,1-2H3. The Labute approximate surface area is 162 Å². The van der Waals surface area contributed by atoms with Crippen molar-refractivity contribution in [3.63, 3.8) is 0 Å². The van der Waals surface area contributed by atoms with E-state index in [4.69, 9.17) is 5.73 Å². The van der Waals surface area contributed by atoms with Crippen LogP contribution in [0.15, 0.2) is 0 Å². The third-order valence-electron chi connectivity index (χ3n) is 5.18. The second kappa shape index (κ2) is 16.9. The summed E-state index contributed by atoms with van der Waals surface area (Å²) in [7, 11) is 0. The van der Waals surface area contributed by atoms with Crippen LogP contribution in [0.3, 0.4) is 0 Å².